The van der Waals surface area contributed by atoms with E-state index in [1.165, 1.54) is 20.8 Å². The van der Waals surface area contributed by atoms with Gasteiger partial charge in [0.15, 0.2) is 0 Å². The summed E-state index contributed by atoms with van der Waals surface area (Å²) >= 11 is 0.454. The molecule has 0 aliphatic rings. The van der Waals surface area contributed by atoms with E-state index >= 15 is 0 Å². The Morgan fingerprint density at radius 1 is 0.688 bits per heavy atom. The number of rotatable bonds is 1. The minimum atomic E-state index is 0.454. The van der Waals surface area contributed by atoms with E-state index in [0.717, 1.165) is 0 Å². The summed E-state index contributed by atoms with van der Waals surface area (Å²) in [5.41, 5.74) is 1.35. The summed E-state index contributed by atoms with van der Waals surface area (Å²) in [5.74, 6) is 0. The summed E-state index contributed by atoms with van der Waals surface area (Å²) in [6.45, 7) is 0. The van der Waals surface area contributed by atoms with Crippen LogP contribution in [-0.2, 0) is 0 Å². The Labute approximate surface area is 101 Å². The van der Waals surface area contributed by atoms with E-state index in [1.807, 2.05) is 0 Å². The fourth-order valence-corrected chi connectivity index (χ4v) is 3.77. The average molecular weight is 270 g/mol. The molecule has 0 N–H and O–H groups in total. The summed E-state index contributed by atoms with van der Waals surface area (Å²) in [6.07, 6.45) is 0. The Hall–Kier alpha value is -1.43. The van der Waals surface area contributed by atoms with Crippen molar-refractivity contribution in [1.82, 2.24) is 0 Å². The summed E-state index contributed by atoms with van der Waals surface area (Å²) in [4.78, 5) is 2.37. The molecule has 0 unspecified atom stereocenters. The first-order valence-electron chi connectivity index (χ1n) is 5.29. The molecule has 1 heterocycles. The number of hydrogen-bond acceptors (Lipinski definition) is 0. The number of hydrogen-bond donors (Lipinski definition) is 0. The molecule has 0 aliphatic heterocycles. The Bertz CT molecular complexity index is 614. The normalized spacial score (nSPS) is 10.5. The van der Waals surface area contributed by atoms with Gasteiger partial charge in [-0.15, -0.1) is 0 Å². The van der Waals surface area contributed by atoms with Crippen molar-refractivity contribution in [1.29, 1.82) is 0 Å². The van der Waals surface area contributed by atoms with E-state index in [2.05, 4.69) is 65.6 Å². The van der Waals surface area contributed by atoms with Crippen molar-refractivity contribution in [2.75, 3.05) is 0 Å². The molecule has 0 radical (unpaired) electrons. The molecule has 1 aromatic heterocycles. The summed E-state index contributed by atoms with van der Waals surface area (Å²) < 4.78 is 1.46. The van der Waals surface area contributed by atoms with E-state index < -0.39 is 0 Å². The van der Waals surface area contributed by atoms with Crippen LogP contribution in [0.1, 0.15) is 0 Å². The van der Waals surface area contributed by atoms with Crippen molar-refractivity contribution >= 4 is 25.3 Å². The Balaban J connectivity index is 2.19. The molecule has 0 bridgehead atoms. The molecular weight excluding hydrogens is 259 g/mol. The number of fused-ring (bicyclic) bond motifs is 1. The van der Waals surface area contributed by atoms with Crippen molar-refractivity contribution in [2.24, 2.45) is 0 Å². The van der Waals surface area contributed by atoms with Gasteiger partial charge in [-0.2, -0.15) is 0 Å². The van der Waals surface area contributed by atoms with Crippen LogP contribution in [0.3, 0.4) is 0 Å². The second-order valence-electron chi connectivity index (χ2n) is 3.74. The van der Waals surface area contributed by atoms with Crippen LogP contribution in [0.15, 0.2) is 65.6 Å². The Morgan fingerprint density at radius 2 is 1.38 bits per heavy atom. The van der Waals surface area contributed by atoms with Crippen LogP contribution in [0.2, 0.25) is 0 Å². The molecule has 0 atom stereocenters. The summed E-state index contributed by atoms with van der Waals surface area (Å²) in [6, 6.07) is 21.6. The van der Waals surface area contributed by atoms with Crippen LogP contribution in [0.25, 0.3) is 20.8 Å². The van der Waals surface area contributed by atoms with Gasteiger partial charge in [-0.3, -0.25) is 0 Å². The molecule has 0 nitrogen and oxygen atoms in total. The maximum atomic E-state index is 2.37. The van der Waals surface area contributed by atoms with Crippen LogP contribution < -0.4 is 0 Å². The van der Waals surface area contributed by atoms with Gasteiger partial charge in [-0.25, -0.2) is 0 Å². The zero-order valence-corrected chi connectivity index (χ0v) is 10.5. The predicted octanol–water partition coefficient (Wildman–Crippen LogP) is 3.84. The first kappa shape index (κ1) is 9.77. The zero-order chi connectivity index (χ0) is 10.8. The molecule has 0 saturated carbocycles. The fourth-order valence-electron chi connectivity index (χ4n) is 1.81. The van der Waals surface area contributed by atoms with Crippen molar-refractivity contribution < 1.29 is 0 Å². The zero-order valence-electron chi connectivity index (χ0n) is 8.76. The topological polar surface area (TPSA) is 0 Å². The van der Waals surface area contributed by atoms with Gasteiger partial charge in [0.1, 0.15) is 0 Å². The first-order chi connectivity index (χ1) is 7.93. The van der Waals surface area contributed by atoms with E-state index in [1.54, 1.807) is 0 Å². The van der Waals surface area contributed by atoms with Gasteiger partial charge in [-0.05, 0) is 0 Å². The van der Waals surface area contributed by atoms with Crippen molar-refractivity contribution in [3.8, 4) is 10.0 Å². The van der Waals surface area contributed by atoms with Gasteiger partial charge in [0, 0.05) is 0 Å². The van der Waals surface area contributed by atoms with Crippen molar-refractivity contribution in [3.05, 3.63) is 65.6 Å². The van der Waals surface area contributed by atoms with Crippen molar-refractivity contribution in [3.63, 3.8) is 0 Å². The molecule has 3 aromatic rings. The van der Waals surface area contributed by atoms with Gasteiger partial charge in [0.25, 0.3) is 0 Å². The van der Waals surface area contributed by atoms with Crippen LogP contribution >= 0.6 is 0 Å². The fraction of sp³-hybridized carbons (Fsp3) is 0. The maximum absolute atomic E-state index is 2.37. The second-order valence-corrected chi connectivity index (χ2v) is 5.65. The first-order valence-corrected chi connectivity index (χ1v) is 7.14. The monoisotopic (exact) mass is 271 g/mol. The molecule has 0 fully saturated rings. The number of benzene rings is 2. The molecule has 3 rings (SSSR count). The SMILES string of the molecule is c1ccc(-c2cc3ccccc3c[se+]2)cc1. The van der Waals surface area contributed by atoms with Crippen LogP contribution in [-0.4, -0.2) is 14.5 Å². The van der Waals surface area contributed by atoms with Gasteiger partial charge >= 0.3 is 101 Å². The van der Waals surface area contributed by atoms with Gasteiger partial charge in [0.05, 0.1) is 0 Å². The average Bonchev–Trinajstić information content (AvgIpc) is 2.39. The van der Waals surface area contributed by atoms with E-state index in [9.17, 15) is 0 Å². The molecule has 1 heteroatoms. The summed E-state index contributed by atoms with van der Waals surface area (Å²) in [5, 5.41) is 2.72. The predicted molar refractivity (Wildman–Crippen MR) is 70.7 cm³/mol. The Morgan fingerprint density at radius 3 is 2.19 bits per heavy atom. The Kier molecular flexibility index (Phi) is 2.57. The molecule has 16 heavy (non-hydrogen) atoms. The van der Waals surface area contributed by atoms with Crippen LogP contribution in [0.5, 0.6) is 0 Å². The molecule has 0 aliphatic carbocycles. The summed E-state index contributed by atoms with van der Waals surface area (Å²) in [7, 11) is 0. The van der Waals surface area contributed by atoms with Crippen LogP contribution in [0.4, 0.5) is 0 Å². The standard InChI is InChI=1S/C15H11Se/c1-2-6-12(7-3-1)15-10-13-8-4-5-9-14(13)11-16-15/h1-11H/q+1. The molecule has 0 spiro atoms. The van der Waals surface area contributed by atoms with E-state index in [0.29, 0.717) is 14.5 Å². The molecule has 0 saturated heterocycles. The van der Waals surface area contributed by atoms with Crippen molar-refractivity contribution in [2.45, 2.75) is 0 Å². The second kappa shape index (κ2) is 4.21. The third kappa shape index (κ3) is 1.80. The van der Waals surface area contributed by atoms with Gasteiger partial charge in [0.2, 0.25) is 0 Å². The van der Waals surface area contributed by atoms with E-state index in [-0.39, 0.29) is 0 Å². The molecule has 76 valence electrons. The third-order valence-electron chi connectivity index (χ3n) is 2.65. The molecule has 0 amide bonds. The van der Waals surface area contributed by atoms with Gasteiger partial charge in [-0.1, -0.05) is 0 Å². The minimum absolute atomic E-state index is 0.454. The van der Waals surface area contributed by atoms with Gasteiger partial charge < -0.3 is 0 Å². The quantitative estimate of drug-likeness (QED) is 0.589. The molecular formula is C15H11Se+. The third-order valence-corrected chi connectivity index (χ3v) is 4.71. The van der Waals surface area contributed by atoms with E-state index in [4.69, 9.17) is 0 Å². The van der Waals surface area contributed by atoms with Crippen LogP contribution in [0, 0.1) is 0 Å². The molecule has 2 aromatic carbocycles.